The van der Waals surface area contributed by atoms with Gasteiger partial charge >= 0.3 is 65.1 Å². The normalized spacial score (nSPS) is 11.7. The van der Waals surface area contributed by atoms with Crippen LogP contribution in [0.3, 0.4) is 0 Å². The summed E-state index contributed by atoms with van der Waals surface area (Å²) in [5, 5.41) is 24.8. The average Bonchev–Trinajstić information content (AvgIpc) is 3.22. The Morgan fingerprint density at radius 2 is 1.58 bits per heavy atom. The standard InChI is InChI=1S/C18H24ClN5O8S4.2Na/c19-14-11-13(5-6-15(14)20-21-17-22-23-18(34-17)33-12-16(25)26)24(7-1-3-9-35(27,28)29)8-2-4-10-36(30,31)32;;/h5-6,11H,1-4,7-10,12H2,(H,25,26)(H,27,28,29)(H,30,31,32);;/q;2*+1/p-2. The van der Waals surface area contributed by atoms with E-state index < -0.39 is 37.7 Å². The molecule has 0 amide bonds. The van der Waals surface area contributed by atoms with E-state index in [2.05, 4.69) is 20.4 Å². The fraction of sp³-hybridized carbons (Fsp3) is 0.500. The van der Waals surface area contributed by atoms with Gasteiger partial charge in [-0.15, -0.1) is 20.4 Å². The van der Waals surface area contributed by atoms with Crippen molar-refractivity contribution in [3.8, 4) is 0 Å². The maximum atomic E-state index is 10.8. The first kappa shape index (κ1) is 38.1. The minimum Gasteiger partial charge on any atom is -0.748 e. The number of hydrogen-bond donors (Lipinski definition) is 1. The molecular formula is C18H22ClN5Na2O8S4. The number of benzene rings is 1. The summed E-state index contributed by atoms with van der Waals surface area (Å²) in [7, 11) is -8.64. The summed E-state index contributed by atoms with van der Waals surface area (Å²) in [6.45, 7) is 0.747. The molecule has 0 unspecified atom stereocenters. The first-order chi connectivity index (χ1) is 16.8. The molecule has 38 heavy (non-hydrogen) atoms. The van der Waals surface area contributed by atoms with E-state index in [9.17, 15) is 30.7 Å². The van der Waals surface area contributed by atoms with Crippen molar-refractivity contribution in [3.63, 3.8) is 0 Å². The van der Waals surface area contributed by atoms with E-state index >= 15 is 0 Å². The fourth-order valence-corrected chi connectivity index (χ4v) is 5.54. The van der Waals surface area contributed by atoms with Gasteiger partial charge in [0.2, 0.25) is 0 Å². The molecule has 0 aliphatic rings. The molecule has 200 valence electrons. The molecule has 1 aromatic heterocycles. The number of carbonyl (C=O) groups is 1. The largest absolute Gasteiger partial charge is 1.00 e. The van der Waals surface area contributed by atoms with Crippen molar-refractivity contribution in [2.45, 2.75) is 30.0 Å². The van der Waals surface area contributed by atoms with Crippen LogP contribution in [0.15, 0.2) is 32.8 Å². The molecule has 0 bridgehead atoms. The Balaban J connectivity index is 0.00000684. The molecule has 2 rings (SSSR count). The van der Waals surface area contributed by atoms with Gasteiger partial charge < -0.3 is 19.1 Å². The Morgan fingerprint density at radius 3 is 2.08 bits per heavy atom. The van der Waals surface area contributed by atoms with Crippen LogP contribution >= 0.6 is 34.7 Å². The number of halogens is 1. The van der Waals surface area contributed by atoms with Crippen molar-refractivity contribution in [2.75, 3.05) is 35.2 Å². The molecule has 0 aliphatic carbocycles. The van der Waals surface area contributed by atoms with Gasteiger partial charge in [-0.1, -0.05) is 34.7 Å². The molecule has 2 aromatic rings. The summed E-state index contributed by atoms with van der Waals surface area (Å²) in [5.74, 6) is -2.12. The predicted octanol–water partition coefficient (Wildman–Crippen LogP) is -2.75. The van der Waals surface area contributed by atoms with Crippen molar-refractivity contribution in [2.24, 2.45) is 10.2 Å². The number of aliphatic carboxylic acids is 1. The molecule has 0 fully saturated rings. The number of carboxylic acid groups (broad SMARTS) is 1. The zero-order valence-electron chi connectivity index (χ0n) is 20.6. The number of carboxylic acids is 1. The number of nitrogens with zero attached hydrogens (tertiary/aromatic N) is 5. The van der Waals surface area contributed by atoms with Gasteiger partial charge in [0.1, 0.15) is 5.69 Å². The van der Waals surface area contributed by atoms with Crippen LogP contribution in [0, 0.1) is 0 Å². The smallest absolute Gasteiger partial charge is 0.748 e. The Labute approximate surface area is 278 Å². The minimum absolute atomic E-state index is 0. The van der Waals surface area contributed by atoms with E-state index in [0.29, 0.717) is 41.6 Å². The third kappa shape index (κ3) is 16.4. The van der Waals surface area contributed by atoms with Crippen LogP contribution in [0.2, 0.25) is 5.02 Å². The Morgan fingerprint density at radius 1 is 1.00 bits per heavy atom. The second kappa shape index (κ2) is 18.5. The van der Waals surface area contributed by atoms with Crippen LogP contribution in [-0.4, -0.2) is 77.6 Å². The second-order valence-electron chi connectivity index (χ2n) is 7.29. The van der Waals surface area contributed by atoms with Gasteiger partial charge in [0.25, 0.3) is 5.13 Å². The minimum atomic E-state index is -4.32. The van der Waals surface area contributed by atoms with Gasteiger partial charge in [-0.2, -0.15) is 0 Å². The van der Waals surface area contributed by atoms with Crippen molar-refractivity contribution in [1.29, 1.82) is 0 Å². The Bertz CT molecular complexity index is 1240. The number of thioether (sulfide) groups is 1. The van der Waals surface area contributed by atoms with Gasteiger partial charge in [0.15, 0.2) is 4.34 Å². The fourth-order valence-electron chi connectivity index (χ4n) is 2.83. The summed E-state index contributed by atoms with van der Waals surface area (Å²) < 4.78 is 65.4. The zero-order chi connectivity index (χ0) is 26.8. The number of unbranched alkanes of at least 4 members (excludes halogenated alkanes) is 2. The van der Waals surface area contributed by atoms with E-state index in [1.165, 1.54) is 0 Å². The van der Waals surface area contributed by atoms with Gasteiger partial charge in [-0.3, -0.25) is 4.79 Å². The SMILES string of the molecule is O=C(O)CSc1nnc(N=Nc2ccc(N(CCCCS(=O)(=O)[O-])CCCCS(=O)(=O)[O-])cc2Cl)s1.[Na+].[Na+]. The maximum Gasteiger partial charge on any atom is 1.00 e. The first-order valence-electron chi connectivity index (χ1n) is 10.3. The summed E-state index contributed by atoms with van der Waals surface area (Å²) in [4.78, 5) is 12.5. The molecule has 0 radical (unpaired) electrons. The Hall–Kier alpha value is 0.110. The van der Waals surface area contributed by atoms with Crippen molar-refractivity contribution < 1.29 is 95.0 Å². The summed E-state index contributed by atoms with van der Waals surface area (Å²) >= 11 is 8.43. The van der Waals surface area contributed by atoms with Crippen LogP contribution in [0.5, 0.6) is 0 Å². The van der Waals surface area contributed by atoms with Crippen LogP contribution < -0.4 is 64.0 Å². The monoisotopic (exact) mass is 645 g/mol. The molecule has 20 heteroatoms. The molecule has 13 nitrogen and oxygen atoms in total. The third-order valence-corrected chi connectivity index (χ3v) is 8.21. The second-order valence-corrected chi connectivity index (χ2v) is 12.9. The molecule has 1 heterocycles. The number of anilines is 1. The average molecular weight is 646 g/mol. The molecule has 1 aromatic carbocycles. The molecular weight excluding hydrogens is 624 g/mol. The number of rotatable bonds is 16. The van der Waals surface area contributed by atoms with E-state index in [-0.39, 0.29) is 87.9 Å². The van der Waals surface area contributed by atoms with Gasteiger partial charge in [-0.25, -0.2) is 16.8 Å². The molecule has 1 N–H and O–H groups in total. The Kier molecular flexibility index (Phi) is 18.6. The topological polar surface area (TPSA) is 205 Å². The number of hydrogen-bond acceptors (Lipinski definition) is 14. The maximum absolute atomic E-state index is 10.8. The van der Waals surface area contributed by atoms with E-state index in [1.54, 1.807) is 18.2 Å². The quantitative estimate of drug-likeness (QED) is 0.0648. The van der Waals surface area contributed by atoms with E-state index in [0.717, 1.165) is 23.1 Å². The van der Waals surface area contributed by atoms with Gasteiger partial charge in [0, 0.05) is 30.3 Å². The third-order valence-electron chi connectivity index (χ3n) is 4.40. The first-order valence-corrected chi connectivity index (χ1v) is 15.7. The van der Waals surface area contributed by atoms with Crippen LogP contribution in [0.25, 0.3) is 0 Å². The molecule has 0 saturated heterocycles. The molecule has 0 spiro atoms. The molecule has 0 saturated carbocycles. The van der Waals surface area contributed by atoms with Crippen molar-refractivity contribution >= 4 is 77.4 Å². The van der Waals surface area contributed by atoms with Gasteiger partial charge in [0.05, 0.1) is 31.0 Å². The van der Waals surface area contributed by atoms with Crippen LogP contribution in [-0.2, 0) is 25.0 Å². The zero-order valence-corrected chi connectivity index (χ0v) is 28.7. The predicted molar refractivity (Wildman–Crippen MR) is 134 cm³/mol. The number of aromatic nitrogens is 2. The van der Waals surface area contributed by atoms with Gasteiger partial charge in [-0.05, 0) is 43.9 Å². The van der Waals surface area contributed by atoms with Crippen LogP contribution in [0.1, 0.15) is 25.7 Å². The van der Waals surface area contributed by atoms with Crippen molar-refractivity contribution in [1.82, 2.24) is 10.2 Å². The number of azo groups is 1. The molecule has 0 aliphatic heterocycles. The van der Waals surface area contributed by atoms with Crippen LogP contribution in [0.4, 0.5) is 16.5 Å². The molecule has 0 atom stereocenters. The van der Waals surface area contributed by atoms with Crippen molar-refractivity contribution in [3.05, 3.63) is 23.2 Å². The summed E-state index contributed by atoms with van der Waals surface area (Å²) in [6, 6.07) is 4.90. The summed E-state index contributed by atoms with van der Waals surface area (Å²) in [5.41, 5.74) is 0.974. The summed E-state index contributed by atoms with van der Waals surface area (Å²) in [6.07, 6.45) is 1.09. The van der Waals surface area contributed by atoms with E-state index in [1.807, 2.05) is 4.90 Å². The van der Waals surface area contributed by atoms with E-state index in [4.69, 9.17) is 16.7 Å².